The molecule has 1 heterocycles. The molecule has 1 unspecified atom stereocenters. The highest BCUT2D eigenvalue weighted by molar-refractivity contribution is 5.83. The van der Waals surface area contributed by atoms with Crippen LogP contribution < -0.4 is 5.73 Å². The molecule has 3 nitrogen and oxygen atoms in total. The average Bonchev–Trinajstić information content (AvgIpc) is 3.22. The lowest BCUT2D eigenvalue weighted by Gasteiger charge is -2.08. The Hall–Kier alpha value is -1.74. The van der Waals surface area contributed by atoms with Crippen LogP contribution in [0.2, 0.25) is 0 Å². The summed E-state index contributed by atoms with van der Waals surface area (Å²) in [5.41, 5.74) is 7.77. The quantitative estimate of drug-likeness (QED) is 0.891. The number of nitrogens with zero attached hydrogens (tertiary/aromatic N) is 1. The summed E-state index contributed by atoms with van der Waals surface area (Å²) >= 11 is 0. The predicted octanol–water partition coefficient (Wildman–Crippen LogP) is 2.47. The van der Waals surface area contributed by atoms with E-state index >= 15 is 0 Å². The first-order chi connectivity index (χ1) is 9.22. The fraction of sp³-hybridized carbons (Fsp3) is 0.375. The van der Waals surface area contributed by atoms with Crippen LogP contribution in [0.5, 0.6) is 0 Å². The number of ketones is 1. The number of pyridine rings is 1. The van der Waals surface area contributed by atoms with E-state index in [1.54, 1.807) is 0 Å². The van der Waals surface area contributed by atoms with Gasteiger partial charge in [0.15, 0.2) is 0 Å². The number of carbonyl (C=O) groups excluding carboxylic acids is 1. The van der Waals surface area contributed by atoms with Crippen LogP contribution in [0.3, 0.4) is 0 Å². The molecule has 1 aromatic heterocycles. The third-order valence-corrected chi connectivity index (χ3v) is 3.73. The second kappa shape index (κ2) is 5.10. The zero-order chi connectivity index (χ0) is 13.2. The van der Waals surface area contributed by atoms with Gasteiger partial charge in [-0.15, -0.1) is 0 Å². The summed E-state index contributed by atoms with van der Waals surface area (Å²) in [7, 11) is 0. The third-order valence-electron chi connectivity index (χ3n) is 3.73. The van der Waals surface area contributed by atoms with E-state index in [9.17, 15) is 4.79 Å². The molecule has 98 valence electrons. The van der Waals surface area contributed by atoms with E-state index in [4.69, 9.17) is 5.73 Å². The molecule has 1 atom stereocenters. The molecule has 19 heavy (non-hydrogen) atoms. The van der Waals surface area contributed by atoms with Gasteiger partial charge in [-0.2, -0.15) is 0 Å². The number of fused-ring (bicyclic) bond motifs is 1. The van der Waals surface area contributed by atoms with E-state index < -0.39 is 0 Å². The Morgan fingerprint density at radius 2 is 2.05 bits per heavy atom. The topological polar surface area (TPSA) is 56.0 Å². The van der Waals surface area contributed by atoms with Gasteiger partial charge in [-0.1, -0.05) is 24.3 Å². The number of para-hydroxylation sites is 1. The van der Waals surface area contributed by atoms with Gasteiger partial charge in [-0.3, -0.25) is 9.78 Å². The van der Waals surface area contributed by atoms with Crippen LogP contribution in [-0.2, 0) is 11.2 Å². The molecule has 0 saturated heterocycles. The molecule has 1 fully saturated rings. The van der Waals surface area contributed by atoms with Crippen molar-refractivity contribution < 1.29 is 4.79 Å². The number of carbonyl (C=O) groups is 1. The molecule has 1 saturated carbocycles. The zero-order valence-electron chi connectivity index (χ0n) is 10.9. The second-order valence-corrected chi connectivity index (χ2v) is 5.42. The number of benzene rings is 1. The maximum Gasteiger partial charge on any atom is 0.140 e. The van der Waals surface area contributed by atoms with Crippen LogP contribution in [0.1, 0.15) is 25.0 Å². The Balaban J connectivity index is 1.68. The molecule has 0 amide bonds. The minimum absolute atomic E-state index is 0.0490. The highest BCUT2D eigenvalue weighted by atomic mass is 16.1. The highest BCUT2D eigenvalue weighted by Gasteiger charge is 2.29. The summed E-state index contributed by atoms with van der Waals surface area (Å²) in [4.78, 5) is 16.5. The maximum absolute atomic E-state index is 12.0. The van der Waals surface area contributed by atoms with Crippen LogP contribution in [0, 0.1) is 5.92 Å². The summed E-state index contributed by atoms with van der Waals surface area (Å²) in [6.07, 6.45) is 3.25. The van der Waals surface area contributed by atoms with Gasteiger partial charge >= 0.3 is 0 Å². The molecular formula is C16H18N2O. The largest absolute Gasteiger partial charge is 0.327 e. The van der Waals surface area contributed by atoms with Gasteiger partial charge in [0, 0.05) is 30.0 Å². The summed E-state index contributed by atoms with van der Waals surface area (Å²) < 4.78 is 0. The van der Waals surface area contributed by atoms with Gasteiger partial charge in [-0.05, 0) is 30.9 Å². The lowest BCUT2D eigenvalue weighted by Crippen LogP contribution is -2.26. The molecule has 1 aliphatic rings. The Labute approximate surface area is 112 Å². The summed E-state index contributed by atoms with van der Waals surface area (Å²) in [5.74, 6) is 0.774. The summed E-state index contributed by atoms with van der Waals surface area (Å²) in [6, 6.07) is 12.0. The number of hydrogen-bond donors (Lipinski definition) is 1. The first-order valence-corrected chi connectivity index (χ1v) is 6.84. The molecule has 0 radical (unpaired) electrons. The van der Waals surface area contributed by atoms with Crippen LogP contribution in [0.15, 0.2) is 36.4 Å². The van der Waals surface area contributed by atoms with Gasteiger partial charge in [0.1, 0.15) is 5.78 Å². The molecule has 0 spiro atoms. The van der Waals surface area contributed by atoms with Crippen molar-refractivity contribution in [2.45, 2.75) is 31.7 Å². The van der Waals surface area contributed by atoms with Gasteiger partial charge in [-0.25, -0.2) is 0 Å². The average molecular weight is 254 g/mol. The first kappa shape index (κ1) is 12.3. The number of hydrogen-bond acceptors (Lipinski definition) is 3. The van der Waals surface area contributed by atoms with Crippen LogP contribution >= 0.6 is 0 Å². The maximum atomic E-state index is 12.0. The minimum Gasteiger partial charge on any atom is -0.327 e. The molecule has 1 aliphatic carbocycles. The van der Waals surface area contributed by atoms with Crippen molar-refractivity contribution in [3.63, 3.8) is 0 Å². The molecule has 3 rings (SSSR count). The normalized spacial score (nSPS) is 16.5. The Morgan fingerprint density at radius 3 is 2.84 bits per heavy atom. The molecule has 2 aromatic rings. The van der Waals surface area contributed by atoms with E-state index in [2.05, 4.69) is 4.98 Å². The summed E-state index contributed by atoms with van der Waals surface area (Å²) in [5, 5.41) is 1.10. The third kappa shape index (κ3) is 2.99. The van der Waals surface area contributed by atoms with Crippen molar-refractivity contribution in [1.29, 1.82) is 0 Å². The fourth-order valence-electron chi connectivity index (χ4n) is 2.43. The number of nitrogens with two attached hydrogens (primary N) is 1. The Bertz CT molecular complexity index is 604. The van der Waals surface area contributed by atoms with Crippen molar-refractivity contribution in [1.82, 2.24) is 4.98 Å². The van der Waals surface area contributed by atoms with Crippen LogP contribution in [0.25, 0.3) is 10.9 Å². The van der Waals surface area contributed by atoms with Crippen molar-refractivity contribution in [3.8, 4) is 0 Å². The van der Waals surface area contributed by atoms with E-state index in [1.807, 2.05) is 36.4 Å². The lowest BCUT2D eigenvalue weighted by atomic mass is 10.0. The fourth-order valence-corrected chi connectivity index (χ4v) is 2.43. The van der Waals surface area contributed by atoms with Gasteiger partial charge in [0.25, 0.3) is 0 Å². The van der Waals surface area contributed by atoms with Crippen LogP contribution in [0.4, 0.5) is 0 Å². The van der Waals surface area contributed by atoms with E-state index in [0.717, 1.165) is 16.6 Å². The zero-order valence-corrected chi connectivity index (χ0v) is 10.9. The SMILES string of the molecule is NC(CC(=O)Cc1ccc2ccccc2n1)C1CC1. The standard InChI is InChI=1S/C16H18N2O/c17-15(11-5-6-11)10-14(19)9-13-8-7-12-3-1-2-4-16(12)18-13/h1-4,7-8,11,15H,5-6,9-10,17H2. The number of rotatable bonds is 5. The summed E-state index contributed by atoms with van der Waals surface area (Å²) in [6.45, 7) is 0. The molecule has 0 bridgehead atoms. The van der Waals surface area contributed by atoms with Gasteiger partial charge in [0.2, 0.25) is 0 Å². The van der Waals surface area contributed by atoms with Crippen LogP contribution in [-0.4, -0.2) is 16.8 Å². The van der Waals surface area contributed by atoms with E-state index in [1.165, 1.54) is 12.8 Å². The van der Waals surface area contributed by atoms with Gasteiger partial charge in [0.05, 0.1) is 5.52 Å². The molecule has 1 aromatic carbocycles. The smallest absolute Gasteiger partial charge is 0.140 e. The highest BCUT2D eigenvalue weighted by Crippen LogP contribution is 2.32. The van der Waals surface area contributed by atoms with Crippen molar-refractivity contribution in [3.05, 3.63) is 42.1 Å². The monoisotopic (exact) mass is 254 g/mol. The second-order valence-electron chi connectivity index (χ2n) is 5.42. The molecule has 3 heteroatoms. The first-order valence-electron chi connectivity index (χ1n) is 6.84. The Kier molecular flexibility index (Phi) is 3.30. The number of Topliss-reactive ketones (excluding diaryl/α,β-unsaturated/α-hetero) is 1. The minimum atomic E-state index is 0.0490. The predicted molar refractivity (Wildman–Crippen MR) is 75.8 cm³/mol. The number of aromatic nitrogens is 1. The van der Waals surface area contributed by atoms with E-state index in [0.29, 0.717) is 18.8 Å². The lowest BCUT2D eigenvalue weighted by molar-refractivity contribution is -0.118. The van der Waals surface area contributed by atoms with Crippen molar-refractivity contribution in [2.24, 2.45) is 11.7 Å². The van der Waals surface area contributed by atoms with Crippen molar-refractivity contribution in [2.75, 3.05) is 0 Å². The van der Waals surface area contributed by atoms with E-state index in [-0.39, 0.29) is 11.8 Å². The van der Waals surface area contributed by atoms with Gasteiger partial charge < -0.3 is 5.73 Å². The molecule has 0 aliphatic heterocycles. The Morgan fingerprint density at radius 1 is 1.26 bits per heavy atom. The van der Waals surface area contributed by atoms with Crippen molar-refractivity contribution >= 4 is 16.7 Å². The molecular weight excluding hydrogens is 236 g/mol. The molecule has 2 N–H and O–H groups in total.